The summed E-state index contributed by atoms with van der Waals surface area (Å²) in [5, 5.41) is 2.98. The van der Waals surface area contributed by atoms with E-state index in [0.717, 1.165) is 16.2 Å². The second-order valence-electron chi connectivity index (χ2n) is 3.23. The van der Waals surface area contributed by atoms with Gasteiger partial charge in [0.05, 0.1) is 18.7 Å². The zero-order chi connectivity index (χ0) is 12.2. The molecule has 1 aromatic rings. The van der Waals surface area contributed by atoms with E-state index in [1.165, 1.54) is 7.11 Å². The second kappa shape index (κ2) is 5.60. The van der Waals surface area contributed by atoms with Crippen LogP contribution in [0.5, 0.6) is 0 Å². The Kier molecular flexibility index (Phi) is 4.69. The van der Waals surface area contributed by atoms with Crippen LogP contribution in [0.1, 0.15) is 15.6 Å². The van der Waals surface area contributed by atoms with Crippen molar-refractivity contribution < 1.29 is 17.9 Å². The highest BCUT2D eigenvalue weighted by molar-refractivity contribution is 7.11. The number of aromatic nitrogens is 1. The maximum Gasteiger partial charge on any atom is 0.395 e. The number of ether oxygens (including phenoxy) is 1. The molecule has 1 heterocycles. The van der Waals surface area contributed by atoms with Gasteiger partial charge in [-0.2, -0.15) is 13.2 Å². The third-order valence-corrected chi connectivity index (χ3v) is 2.89. The van der Waals surface area contributed by atoms with Crippen LogP contribution in [-0.4, -0.2) is 25.3 Å². The van der Waals surface area contributed by atoms with Gasteiger partial charge in [0, 0.05) is 18.5 Å². The van der Waals surface area contributed by atoms with E-state index in [2.05, 4.69) is 10.3 Å². The van der Waals surface area contributed by atoms with Gasteiger partial charge in [0.25, 0.3) is 0 Å². The quantitative estimate of drug-likeness (QED) is 0.874. The molecule has 0 radical (unpaired) electrons. The Morgan fingerprint density at radius 3 is 2.62 bits per heavy atom. The number of rotatable bonds is 5. The highest BCUT2D eigenvalue weighted by Crippen LogP contribution is 2.26. The van der Waals surface area contributed by atoms with Crippen LogP contribution in [0.2, 0.25) is 0 Å². The monoisotopic (exact) mass is 254 g/mol. The van der Waals surface area contributed by atoms with Crippen LogP contribution in [0.4, 0.5) is 13.2 Å². The van der Waals surface area contributed by atoms with Crippen LogP contribution < -0.4 is 5.32 Å². The number of thiazole rings is 1. The Morgan fingerprint density at radius 1 is 1.44 bits per heavy atom. The van der Waals surface area contributed by atoms with E-state index in [0.29, 0.717) is 12.2 Å². The zero-order valence-corrected chi connectivity index (χ0v) is 9.84. The Bertz CT molecular complexity index is 314. The lowest BCUT2D eigenvalue weighted by molar-refractivity contribution is -0.127. The molecule has 1 N–H and O–H groups in total. The molecule has 0 aliphatic heterocycles. The summed E-state index contributed by atoms with van der Waals surface area (Å²) in [6.45, 7) is 0.750. The van der Waals surface area contributed by atoms with Crippen LogP contribution in [-0.2, 0) is 24.3 Å². The summed E-state index contributed by atoms with van der Waals surface area (Å²) in [6, 6.07) is 0. The van der Waals surface area contributed by atoms with Gasteiger partial charge < -0.3 is 10.1 Å². The van der Waals surface area contributed by atoms with E-state index in [1.54, 1.807) is 7.05 Å². The van der Waals surface area contributed by atoms with Gasteiger partial charge in [-0.25, -0.2) is 4.98 Å². The van der Waals surface area contributed by atoms with Crippen LogP contribution in [0.25, 0.3) is 0 Å². The highest BCUT2D eigenvalue weighted by atomic mass is 32.1. The molecular formula is C9H13F3N2OS. The predicted molar refractivity (Wildman–Crippen MR) is 55.3 cm³/mol. The molecule has 0 saturated carbocycles. The molecule has 1 rings (SSSR count). The van der Waals surface area contributed by atoms with E-state index in [1.807, 2.05) is 0 Å². The Labute approximate surface area is 95.6 Å². The third-order valence-electron chi connectivity index (χ3n) is 1.79. The van der Waals surface area contributed by atoms with Gasteiger partial charge in [0.1, 0.15) is 5.01 Å². The molecule has 16 heavy (non-hydrogen) atoms. The summed E-state index contributed by atoms with van der Waals surface area (Å²) < 4.78 is 41.4. The van der Waals surface area contributed by atoms with E-state index in [-0.39, 0.29) is 11.6 Å². The van der Waals surface area contributed by atoms with Gasteiger partial charge >= 0.3 is 6.18 Å². The van der Waals surface area contributed by atoms with Crippen molar-refractivity contribution in [1.29, 1.82) is 0 Å². The van der Waals surface area contributed by atoms with Gasteiger partial charge in [0.15, 0.2) is 0 Å². The molecule has 0 spiro atoms. The van der Waals surface area contributed by atoms with E-state index < -0.39 is 12.6 Å². The molecule has 0 atom stereocenters. The number of nitrogens with one attached hydrogen (secondary N) is 1. The molecule has 0 bridgehead atoms. The maximum atomic E-state index is 12.2. The van der Waals surface area contributed by atoms with Crippen LogP contribution in [0.3, 0.4) is 0 Å². The minimum absolute atomic E-state index is 0.0878. The van der Waals surface area contributed by atoms with Crippen molar-refractivity contribution in [3.05, 3.63) is 15.6 Å². The summed E-state index contributed by atoms with van der Waals surface area (Å²) >= 11 is 1.08. The first-order valence-corrected chi connectivity index (χ1v) is 5.45. The van der Waals surface area contributed by atoms with Gasteiger partial charge in [-0.1, -0.05) is 0 Å². The van der Waals surface area contributed by atoms with Crippen LogP contribution >= 0.6 is 11.3 Å². The molecule has 7 heteroatoms. The van der Waals surface area contributed by atoms with Crippen molar-refractivity contribution in [2.45, 2.75) is 25.7 Å². The summed E-state index contributed by atoms with van der Waals surface area (Å²) in [5.41, 5.74) is 0.584. The van der Waals surface area contributed by atoms with Crippen molar-refractivity contribution >= 4 is 11.3 Å². The number of hydrogen-bond donors (Lipinski definition) is 1. The fraction of sp³-hybridized carbons (Fsp3) is 0.667. The molecule has 0 aliphatic rings. The van der Waals surface area contributed by atoms with E-state index in [4.69, 9.17) is 4.74 Å². The largest absolute Gasteiger partial charge is 0.395 e. The SMILES string of the molecule is CNCc1sc(CC(F)(F)F)nc1COC. The van der Waals surface area contributed by atoms with Gasteiger partial charge in [0.2, 0.25) is 0 Å². The minimum Gasteiger partial charge on any atom is -0.378 e. The van der Waals surface area contributed by atoms with Crippen LogP contribution in [0, 0.1) is 0 Å². The molecular weight excluding hydrogens is 241 g/mol. The molecule has 1 aromatic heterocycles. The van der Waals surface area contributed by atoms with E-state index in [9.17, 15) is 13.2 Å². The smallest absolute Gasteiger partial charge is 0.378 e. The van der Waals surface area contributed by atoms with Crippen molar-refractivity contribution in [2.24, 2.45) is 0 Å². The van der Waals surface area contributed by atoms with Crippen molar-refractivity contribution in [1.82, 2.24) is 10.3 Å². The highest BCUT2D eigenvalue weighted by Gasteiger charge is 2.30. The molecule has 0 saturated heterocycles. The first kappa shape index (κ1) is 13.4. The topological polar surface area (TPSA) is 34.2 Å². The molecule has 0 unspecified atom stereocenters. The average Bonchev–Trinajstić information content (AvgIpc) is 2.46. The Balaban J connectivity index is 2.83. The molecule has 0 aliphatic carbocycles. The zero-order valence-electron chi connectivity index (χ0n) is 9.02. The number of alkyl halides is 3. The minimum atomic E-state index is -4.21. The Morgan fingerprint density at radius 2 is 2.12 bits per heavy atom. The first-order valence-electron chi connectivity index (χ1n) is 4.64. The second-order valence-corrected chi connectivity index (χ2v) is 4.40. The lowest BCUT2D eigenvalue weighted by Crippen LogP contribution is -2.11. The predicted octanol–water partition coefficient (Wildman–Crippen LogP) is 2.11. The Hall–Kier alpha value is -0.660. The summed E-state index contributed by atoms with van der Waals surface area (Å²) in [7, 11) is 3.23. The van der Waals surface area contributed by atoms with Crippen molar-refractivity contribution in [3.63, 3.8) is 0 Å². The average molecular weight is 254 g/mol. The maximum absolute atomic E-state index is 12.2. The van der Waals surface area contributed by atoms with Crippen LogP contribution in [0.15, 0.2) is 0 Å². The summed E-state index contributed by atoms with van der Waals surface area (Å²) in [4.78, 5) is 4.73. The molecule has 0 aromatic carbocycles. The number of halogens is 3. The normalized spacial score (nSPS) is 12.1. The summed E-state index contributed by atoms with van der Waals surface area (Å²) in [5.74, 6) is 0. The van der Waals surface area contributed by atoms with E-state index >= 15 is 0 Å². The van der Waals surface area contributed by atoms with Crippen molar-refractivity contribution in [3.8, 4) is 0 Å². The van der Waals surface area contributed by atoms with Gasteiger partial charge in [-0.05, 0) is 7.05 Å². The molecule has 92 valence electrons. The van der Waals surface area contributed by atoms with Gasteiger partial charge in [-0.3, -0.25) is 0 Å². The van der Waals surface area contributed by atoms with Crippen molar-refractivity contribution in [2.75, 3.05) is 14.2 Å². The first-order chi connectivity index (χ1) is 7.46. The molecule has 0 amide bonds. The standard InChI is InChI=1S/C9H13F3N2OS/c1-13-4-7-6(5-15-2)14-8(16-7)3-9(10,11)12/h13H,3-5H2,1-2H3. The fourth-order valence-electron chi connectivity index (χ4n) is 1.23. The molecule has 0 fully saturated rings. The lowest BCUT2D eigenvalue weighted by atomic mass is 10.3. The molecule has 3 nitrogen and oxygen atoms in total. The number of methoxy groups -OCH3 is 1. The fourth-order valence-corrected chi connectivity index (χ4v) is 2.35. The number of hydrogen-bond acceptors (Lipinski definition) is 4. The van der Waals surface area contributed by atoms with Gasteiger partial charge in [-0.15, -0.1) is 11.3 Å². The number of nitrogens with zero attached hydrogens (tertiary/aromatic N) is 1. The lowest BCUT2D eigenvalue weighted by Gasteiger charge is -2.01. The summed E-state index contributed by atoms with van der Waals surface area (Å²) in [6.07, 6.45) is -5.18. The third kappa shape index (κ3) is 4.07.